The molecule has 0 bridgehead atoms. The number of rotatable bonds is 6. The van der Waals surface area contributed by atoms with E-state index in [-0.39, 0.29) is 0 Å². The number of morpholine rings is 2. The van der Waals surface area contributed by atoms with Crippen molar-refractivity contribution >= 4 is 40.0 Å². The first-order valence-corrected chi connectivity index (χ1v) is 11.6. The zero-order valence-electron chi connectivity index (χ0n) is 18.0. The lowest BCUT2D eigenvalue weighted by Crippen LogP contribution is -2.40. The number of nitrogens with one attached hydrogen (secondary N) is 1. The molecule has 2 saturated heterocycles. The van der Waals surface area contributed by atoms with Crippen molar-refractivity contribution in [3.63, 3.8) is 0 Å². The molecule has 2 aliphatic rings. The zero-order chi connectivity index (χ0) is 22.5. The minimum absolute atomic E-state index is 0.379. The van der Waals surface area contributed by atoms with Gasteiger partial charge in [0.05, 0.1) is 32.6 Å². The molecule has 5 rings (SSSR count). The van der Waals surface area contributed by atoms with Gasteiger partial charge in [-0.1, -0.05) is 28.1 Å². The Morgan fingerprint density at radius 2 is 1.42 bits per heavy atom. The maximum atomic E-state index is 5.88. The number of aromatic nitrogens is 3. The van der Waals surface area contributed by atoms with Gasteiger partial charge in [0.1, 0.15) is 11.5 Å². The van der Waals surface area contributed by atoms with Crippen molar-refractivity contribution in [2.24, 2.45) is 5.10 Å². The Balaban J connectivity index is 1.32. The van der Waals surface area contributed by atoms with Gasteiger partial charge in [0, 0.05) is 36.2 Å². The highest BCUT2D eigenvalue weighted by atomic mass is 79.9. The van der Waals surface area contributed by atoms with Crippen LogP contribution in [0.1, 0.15) is 5.76 Å². The highest BCUT2D eigenvalue weighted by Gasteiger charge is 2.20. The van der Waals surface area contributed by atoms with Gasteiger partial charge in [0.15, 0.2) is 0 Å². The summed E-state index contributed by atoms with van der Waals surface area (Å²) in [4.78, 5) is 18.0. The summed E-state index contributed by atoms with van der Waals surface area (Å²) >= 11 is 3.45. The quantitative estimate of drug-likeness (QED) is 0.393. The Bertz CT molecular complexity index is 1060. The van der Waals surface area contributed by atoms with Crippen LogP contribution in [-0.2, 0) is 9.47 Å². The molecule has 4 heterocycles. The van der Waals surface area contributed by atoms with Crippen molar-refractivity contribution in [2.45, 2.75) is 0 Å². The molecule has 1 aromatic carbocycles. The average molecular weight is 514 g/mol. The summed E-state index contributed by atoms with van der Waals surface area (Å²) in [6.45, 7) is 5.55. The summed E-state index contributed by atoms with van der Waals surface area (Å²) in [5.41, 5.74) is 3.93. The molecule has 2 fully saturated rings. The maximum absolute atomic E-state index is 5.88. The van der Waals surface area contributed by atoms with Gasteiger partial charge in [-0.2, -0.15) is 20.1 Å². The maximum Gasteiger partial charge on any atom is 0.250 e. The largest absolute Gasteiger partial charge is 0.455 e. The Morgan fingerprint density at radius 3 is 2.03 bits per heavy atom. The van der Waals surface area contributed by atoms with Crippen LogP contribution in [0.15, 0.2) is 50.4 Å². The third kappa shape index (κ3) is 5.49. The number of ether oxygens (including phenoxy) is 2. The number of hydrogen-bond donors (Lipinski definition) is 1. The normalized spacial score (nSPS) is 17.0. The Morgan fingerprint density at radius 1 is 0.818 bits per heavy atom. The van der Waals surface area contributed by atoms with Crippen LogP contribution in [-0.4, -0.2) is 73.8 Å². The van der Waals surface area contributed by atoms with Crippen LogP contribution in [0.3, 0.4) is 0 Å². The molecule has 172 valence electrons. The van der Waals surface area contributed by atoms with Crippen LogP contribution in [0.5, 0.6) is 0 Å². The molecular formula is C22H24BrN7O3. The molecule has 0 amide bonds. The van der Waals surface area contributed by atoms with Crippen molar-refractivity contribution < 1.29 is 13.9 Å². The van der Waals surface area contributed by atoms with Crippen molar-refractivity contribution in [3.8, 4) is 11.3 Å². The first kappa shape index (κ1) is 21.8. The second-order valence-corrected chi connectivity index (χ2v) is 8.45. The minimum atomic E-state index is 0.379. The van der Waals surface area contributed by atoms with E-state index in [1.807, 2.05) is 36.4 Å². The number of hydrogen-bond acceptors (Lipinski definition) is 10. The molecule has 0 radical (unpaired) electrons. The van der Waals surface area contributed by atoms with Gasteiger partial charge in [-0.3, -0.25) is 0 Å². The average Bonchev–Trinajstić information content (AvgIpc) is 3.34. The molecule has 1 N–H and O–H groups in total. The summed E-state index contributed by atoms with van der Waals surface area (Å²) in [5, 5.41) is 4.29. The van der Waals surface area contributed by atoms with Crippen LogP contribution in [0, 0.1) is 0 Å². The summed E-state index contributed by atoms with van der Waals surface area (Å²) < 4.78 is 17.8. The lowest BCUT2D eigenvalue weighted by atomic mass is 10.2. The van der Waals surface area contributed by atoms with Gasteiger partial charge < -0.3 is 23.7 Å². The van der Waals surface area contributed by atoms with Crippen molar-refractivity contribution in [2.75, 3.05) is 67.8 Å². The summed E-state index contributed by atoms with van der Waals surface area (Å²) in [6.07, 6.45) is 1.61. The molecule has 0 unspecified atom stereocenters. The molecule has 0 aliphatic carbocycles. The molecule has 2 aromatic heterocycles. The first-order chi connectivity index (χ1) is 16.2. The SMILES string of the molecule is Brc1ccc(-c2ccc(C=NNc3nc(N4CCOCC4)nc(N4CCOCC4)n3)o2)cc1. The van der Waals surface area contributed by atoms with E-state index < -0.39 is 0 Å². The van der Waals surface area contributed by atoms with E-state index >= 15 is 0 Å². The Hall–Kier alpha value is -3.02. The summed E-state index contributed by atoms with van der Waals surface area (Å²) in [7, 11) is 0. The highest BCUT2D eigenvalue weighted by molar-refractivity contribution is 9.10. The van der Waals surface area contributed by atoms with Crippen LogP contribution in [0.25, 0.3) is 11.3 Å². The molecule has 33 heavy (non-hydrogen) atoms. The van der Waals surface area contributed by atoms with E-state index in [0.29, 0.717) is 50.0 Å². The lowest BCUT2D eigenvalue weighted by Gasteiger charge is -2.30. The second kappa shape index (κ2) is 10.3. The number of anilines is 3. The molecule has 3 aromatic rings. The number of nitrogens with zero attached hydrogens (tertiary/aromatic N) is 6. The van der Waals surface area contributed by atoms with Gasteiger partial charge in [-0.05, 0) is 24.3 Å². The smallest absolute Gasteiger partial charge is 0.250 e. The topological polar surface area (TPSA) is 101 Å². The van der Waals surface area contributed by atoms with Crippen LogP contribution in [0.2, 0.25) is 0 Å². The van der Waals surface area contributed by atoms with E-state index in [9.17, 15) is 0 Å². The molecule has 0 atom stereocenters. The fourth-order valence-corrected chi connectivity index (χ4v) is 3.82. The summed E-state index contributed by atoms with van der Waals surface area (Å²) in [6, 6.07) is 11.7. The molecule has 10 nitrogen and oxygen atoms in total. The third-order valence-corrected chi connectivity index (χ3v) is 5.84. The minimum Gasteiger partial charge on any atom is -0.455 e. The van der Waals surface area contributed by atoms with Gasteiger partial charge in [0.2, 0.25) is 17.8 Å². The molecular weight excluding hydrogens is 490 g/mol. The number of halogens is 1. The second-order valence-electron chi connectivity index (χ2n) is 7.54. The van der Waals surface area contributed by atoms with Crippen molar-refractivity contribution in [1.29, 1.82) is 0 Å². The van der Waals surface area contributed by atoms with Crippen molar-refractivity contribution in [3.05, 3.63) is 46.6 Å². The highest BCUT2D eigenvalue weighted by Crippen LogP contribution is 2.23. The number of benzene rings is 1. The van der Waals surface area contributed by atoms with Gasteiger partial charge in [0.25, 0.3) is 0 Å². The lowest BCUT2D eigenvalue weighted by molar-refractivity contribution is 0.121. The van der Waals surface area contributed by atoms with E-state index in [1.54, 1.807) is 6.21 Å². The predicted molar refractivity (Wildman–Crippen MR) is 129 cm³/mol. The van der Waals surface area contributed by atoms with Gasteiger partial charge in [-0.15, -0.1) is 0 Å². The van der Waals surface area contributed by atoms with Crippen LogP contribution < -0.4 is 15.2 Å². The van der Waals surface area contributed by atoms with E-state index in [4.69, 9.17) is 18.9 Å². The van der Waals surface area contributed by atoms with Crippen molar-refractivity contribution in [1.82, 2.24) is 15.0 Å². The molecule has 11 heteroatoms. The van der Waals surface area contributed by atoms with Gasteiger partial charge >= 0.3 is 0 Å². The Kier molecular flexibility index (Phi) is 6.79. The fraction of sp³-hybridized carbons (Fsp3) is 0.364. The molecule has 2 aliphatic heterocycles. The number of hydrazone groups is 1. The van der Waals surface area contributed by atoms with Gasteiger partial charge in [-0.25, -0.2) is 5.43 Å². The first-order valence-electron chi connectivity index (χ1n) is 10.8. The van der Waals surface area contributed by atoms with E-state index in [2.05, 4.69) is 46.2 Å². The molecule has 0 saturated carbocycles. The zero-order valence-corrected chi connectivity index (χ0v) is 19.6. The standard InChI is InChI=1S/C22H24BrN7O3/c23-17-3-1-16(2-4-17)19-6-5-18(33-19)15-24-28-20-25-21(29-7-11-31-12-8-29)27-22(26-20)30-9-13-32-14-10-30/h1-6,15H,7-14H2,(H,25,26,27,28). The van der Waals surface area contributed by atoms with E-state index in [0.717, 1.165) is 42.0 Å². The third-order valence-electron chi connectivity index (χ3n) is 5.31. The fourth-order valence-electron chi connectivity index (χ4n) is 3.56. The predicted octanol–water partition coefficient (Wildman–Crippen LogP) is 3.01. The number of furan rings is 1. The molecule has 0 spiro atoms. The van der Waals surface area contributed by atoms with E-state index in [1.165, 1.54) is 0 Å². The Labute approximate surface area is 199 Å². The van der Waals surface area contributed by atoms with Crippen LogP contribution in [0.4, 0.5) is 17.8 Å². The van der Waals surface area contributed by atoms with Crippen LogP contribution >= 0.6 is 15.9 Å². The summed E-state index contributed by atoms with van der Waals surface area (Å²) in [5.74, 6) is 3.00. The monoisotopic (exact) mass is 513 g/mol.